The average molecular weight is 243 g/mol. The van der Waals surface area contributed by atoms with Gasteiger partial charge in [0.25, 0.3) is 0 Å². The van der Waals surface area contributed by atoms with Gasteiger partial charge in [0.2, 0.25) is 0 Å². The maximum Gasteiger partial charge on any atom is 0.306 e. The minimum absolute atomic E-state index is 0.127. The van der Waals surface area contributed by atoms with Crippen molar-refractivity contribution < 1.29 is 9.90 Å². The summed E-state index contributed by atoms with van der Waals surface area (Å²) in [4.78, 5) is 10.9. The minimum atomic E-state index is -0.629. The van der Waals surface area contributed by atoms with E-state index in [4.69, 9.17) is 5.11 Å². The lowest BCUT2D eigenvalue weighted by Crippen LogP contribution is -2.20. The van der Waals surface area contributed by atoms with Crippen LogP contribution >= 0.6 is 0 Å². The summed E-state index contributed by atoms with van der Waals surface area (Å²) in [7, 11) is 0. The van der Waals surface area contributed by atoms with E-state index in [1.807, 2.05) is 12.1 Å². The first-order chi connectivity index (χ1) is 8.74. The van der Waals surface area contributed by atoms with Gasteiger partial charge < -0.3 is 9.51 Å². The molecule has 0 bridgehead atoms. The lowest BCUT2D eigenvalue weighted by Gasteiger charge is -2.25. The molecule has 3 rings (SSSR count). The fourth-order valence-electron chi connectivity index (χ4n) is 2.97. The van der Waals surface area contributed by atoms with Crippen molar-refractivity contribution in [2.45, 2.75) is 31.6 Å². The third-order valence-electron chi connectivity index (χ3n) is 4.07. The van der Waals surface area contributed by atoms with E-state index in [0.717, 1.165) is 25.7 Å². The topological polar surface area (TPSA) is 41.7 Å². The molecule has 0 saturated heterocycles. The number of aliphatic carboxylic acids is 1. The number of carboxylic acid groups (broad SMARTS) is 1. The van der Waals surface area contributed by atoms with Crippen molar-refractivity contribution in [2.75, 3.05) is 0 Å². The molecule has 0 radical (unpaired) electrons. The van der Waals surface area contributed by atoms with Gasteiger partial charge in [-0.25, -0.2) is 0 Å². The van der Waals surface area contributed by atoms with E-state index in [9.17, 15) is 4.79 Å². The molecule has 18 heavy (non-hydrogen) atoms. The number of carboxylic acids is 1. The number of fused-ring (bicyclic) bond motifs is 1. The van der Waals surface area contributed by atoms with Gasteiger partial charge in [0, 0.05) is 17.9 Å². The van der Waals surface area contributed by atoms with Crippen LogP contribution in [0.1, 0.15) is 37.2 Å². The van der Waals surface area contributed by atoms with Crippen LogP contribution < -0.4 is 0 Å². The van der Waals surface area contributed by atoms with E-state index in [1.165, 1.54) is 11.1 Å². The molecule has 0 unspecified atom stereocenters. The number of aromatic nitrogens is 1. The number of hydrogen-bond donors (Lipinski definition) is 1. The maximum absolute atomic E-state index is 10.9. The van der Waals surface area contributed by atoms with Crippen LogP contribution in [0.4, 0.5) is 0 Å². The molecule has 1 aliphatic carbocycles. The number of hydrogen-bond acceptors (Lipinski definition) is 1. The number of pyridine rings is 1. The highest BCUT2D eigenvalue weighted by Crippen LogP contribution is 2.36. The predicted octanol–water partition coefficient (Wildman–Crippen LogP) is 3.30. The molecule has 3 nitrogen and oxygen atoms in total. The summed E-state index contributed by atoms with van der Waals surface area (Å²) < 4.78 is 2.14. The van der Waals surface area contributed by atoms with E-state index >= 15 is 0 Å². The zero-order valence-electron chi connectivity index (χ0n) is 10.2. The second-order valence-electron chi connectivity index (χ2n) is 5.19. The van der Waals surface area contributed by atoms with Gasteiger partial charge in [0.15, 0.2) is 0 Å². The van der Waals surface area contributed by atoms with Gasteiger partial charge in [0.05, 0.1) is 5.92 Å². The smallest absolute Gasteiger partial charge is 0.306 e. The first-order valence-electron chi connectivity index (χ1n) is 6.53. The summed E-state index contributed by atoms with van der Waals surface area (Å²) in [5.41, 5.74) is 2.57. The van der Waals surface area contributed by atoms with Crippen molar-refractivity contribution >= 4 is 11.5 Å². The molecule has 1 saturated carbocycles. The van der Waals surface area contributed by atoms with Gasteiger partial charge in [-0.3, -0.25) is 4.79 Å². The predicted molar refractivity (Wildman–Crippen MR) is 69.7 cm³/mol. The van der Waals surface area contributed by atoms with E-state index in [2.05, 4.69) is 28.9 Å². The fraction of sp³-hybridized carbons (Fsp3) is 0.400. The van der Waals surface area contributed by atoms with Crippen LogP contribution in [0.15, 0.2) is 36.7 Å². The number of carbonyl (C=O) groups is 1. The van der Waals surface area contributed by atoms with Crippen molar-refractivity contribution in [1.82, 2.24) is 4.40 Å². The standard InChI is InChI=1S/C15H17NO2/c17-15(18)12-6-4-11(5-7-12)13-9-14-3-1-2-8-16(14)10-13/h1-3,8-12H,4-7H2,(H,17,18). The highest BCUT2D eigenvalue weighted by molar-refractivity contribution is 5.70. The van der Waals surface area contributed by atoms with Crippen molar-refractivity contribution in [3.8, 4) is 0 Å². The molecule has 3 heteroatoms. The molecule has 0 aliphatic heterocycles. The lowest BCUT2D eigenvalue weighted by molar-refractivity contribution is -0.142. The van der Waals surface area contributed by atoms with Gasteiger partial charge in [0.1, 0.15) is 0 Å². The fourth-order valence-corrected chi connectivity index (χ4v) is 2.97. The molecular formula is C15H17NO2. The molecular weight excluding hydrogens is 226 g/mol. The normalized spacial score (nSPS) is 24.2. The Morgan fingerprint density at radius 1 is 1.22 bits per heavy atom. The number of nitrogens with zero attached hydrogens (tertiary/aromatic N) is 1. The Morgan fingerprint density at radius 3 is 2.67 bits per heavy atom. The van der Waals surface area contributed by atoms with Crippen LogP contribution in [0.2, 0.25) is 0 Å². The van der Waals surface area contributed by atoms with Crippen molar-refractivity contribution in [2.24, 2.45) is 5.92 Å². The summed E-state index contributed by atoms with van der Waals surface area (Å²) in [6, 6.07) is 8.40. The minimum Gasteiger partial charge on any atom is -0.481 e. The largest absolute Gasteiger partial charge is 0.481 e. The summed E-state index contributed by atoms with van der Waals surface area (Å²) in [5.74, 6) is -0.228. The van der Waals surface area contributed by atoms with Gasteiger partial charge >= 0.3 is 5.97 Å². The number of rotatable bonds is 2. The highest BCUT2D eigenvalue weighted by Gasteiger charge is 2.27. The SMILES string of the molecule is O=C(O)C1CCC(c2cc3ccccn3c2)CC1. The van der Waals surface area contributed by atoms with Crippen molar-refractivity contribution in [3.63, 3.8) is 0 Å². The van der Waals surface area contributed by atoms with Crippen LogP contribution in [-0.4, -0.2) is 15.5 Å². The van der Waals surface area contributed by atoms with Crippen LogP contribution in [0.25, 0.3) is 5.52 Å². The first-order valence-corrected chi connectivity index (χ1v) is 6.53. The molecule has 0 atom stereocenters. The van der Waals surface area contributed by atoms with E-state index in [-0.39, 0.29) is 5.92 Å². The molecule has 2 heterocycles. The molecule has 1 fully saturated rings. The van der Waals surface area contributed by atoms with Gasteiger partial charge in [-0.1, -0.05) is 6.07 Å². The zero-order chi connectivity index (χ0) is 12.5. The summed E-state index contributed by atoms with van der Waals surface area (Å²) >= 11 is 0. The van der Waals surface area contributed by atoms with E-state index in [1.54, 1.807) is 0 Å². The Kier molecular flexibility index (Phi) is 2.82. The molecule has 2 aromatic rings. The van der Waals surface area contributed by atoms with Crippen LogP contribution in [0.3, 0.4) is 0 Å². The zero-order valence-corrected chi connectivity index (χ0v) is 10.2. The van der Waals surface area contributed by atoms with Crippen molar-refractivity contribution in [3.05, 3.63) is 42.2 Å². The van der Waals surface area contributed by atoms with E-state index in [0.29, 0.717) is 5.92 Å². The molecule has 0 aromatic carbocycles. The highest BCUT2D eigenvalue weighted by atomic mass is 16.4. The van der Waals surface area contributed by atoms with Gasteiger partial charge in [-0.15, -0.1) is 0 Å². The molecule has 0 spiro atoms. The summed E-state index contributed by atoms with van der Waals surface area (Å²) in [6.07, 6.45) is 7.85. The lowest BCUT2D eigenvalue weighted by atomic mass is 9.79. The Balaban J connectivity index is 1.78. The maximum atomic E-state index is 10.9. The Labute approximate surface area is 106 Å². The van der Waals surface area contributed by atoms with Crippen LogP contribution in [0, 0.1) is 5.92 Å². The summed E-state index contributed by atoms with van der Waals surface area (Å²) in [6.45, 7) is 0. The van der Waals surface area contributed by atoms with Crippen molar-refractivity contribution in [1.29, 1.82) is 0 Å². The molecule has 2 aromatic heterocycles. The Bertz CT molecular complexity index is 532. The quantitative estimate of drug-likeness (QED) is 0.879. The van der Waals surface area contributed by atoms with Crippen LogP contribution in [-0.2, 0) is 4.79 Å². The summed E-state index contributed by atoms with van der Waals surface area (Å²) in [5, 5.41) is 9.01. The second-order valence-corrected chi connectivity index (χ2v) is 5.19. The molecule has 1 aliphatic rings. The molecule has 0 amide bonds. The molecule has 1 N–H and O–H groups in total. The third kappa shape index (κ3) is 2.01. The first kappa shape index (κ1) is 11.3. The second kappa shape index (κ2) is 4.48. The Hall–Kier alpha value is -1.77. The average Bonchev–Trinajstić information content (AvgIpc) is 2.82. The van der Waals surface area contributed by atoms with Gasteiger partial charge in [-0.2, -0.15) is 0 Å². The molecule has 94 valence electrons. The third-order valence-corrected chi connectivity index (χ3v) is 4.07. The monoisotopic (exact) mass is 243 g/mol. The van der Waals surface area contributed by atoms with E-state index < -0.39 is 5.97 Å². The van der Waals surface area contributed by atoms with Gasteiger partial charge in [-0.05, 0) is 55.4 Å². The van der Waals surface area contributed by atoms with Crippen LogP contribution in [0.5, 0.6) is 0 Å². The Morgan fingerprint density at radius 2 is 2.00 bits per heavy atom.